The Morgan fingerprint density at radius 1 is 1.15 bits per heavy atom. The number of rotatable bonds is 11. The van der Waals surface area contributed by atoms with Crippen molar-refractivity contribution < 1.29 is 19.1 Å². The highest BCUT2D eigenvalue weighted by Gasteiger charge is 2.41. The van der Waals surface area contributed by atoms with Crippen LogP contribution in [0.3, 0.4) is 0 Å². The molecule has 1 aliphatic rings. The van der Waals surface area contributed by atoms with E-state index in [1.165, 1.54) is 0 Å². The first-order valence-electron chi connectivity index (χ1n) is 11.9. The summed E-state index contributed by atoms with van der Waals surface area (Å²) in [5, 5.41) is 5.67. The summed E-state index contributed by atoms with van der Waals surface area (Å²) >= 11 is 4.32. The van der Waals surface area contributed by atoms with Crippen LogP contribution in [0.5, 0.6) is 0 Å². The van der Waals surface area contributed by atoms with Crippen LogP contribution in [-0.4, -0.2) is 52.8 Å². The van der Waals surface area contributed by atoms with E-state index < -0.39 is 23.8 Å². The van der Waals surface area contributed by atoms with Crippen molar-refractivity contribution in [2.45, 2.75) is 89.9 Å². The maximum absolute atomic E-state index is 13.7. The second-order valence-corrected chi connectivity index (χ2v) is 9.89. The molecule has 1 saturated carbocycles. The van der Waals surface area contributed by atoms with Crippen molar-refractivity contribution >= 4 is 30.5 Å². The number of hydrogen-bond donors (Lipinski definition) is 3. The molecule has 33 heavy (non-hydrogen) atoms. The Kier molecular flexibility index (Phi) is 10.5. The lowest BCUT2D eigenvalue weighted by Gasteiger charge is -2.43. The first kappa shape index (κ1) is 27.0. The number of benzene rings is 1. The quantitative estimate of drug-likeness (QED) is 0.329. The van der Waals surface area contributed by atoms with Crippen molar-refractivity contribution in [2.75, 3.05) is 12.3 Å². The second-order valence-electron chi connectivity index (χ2n) is 9.52. The first-order valence-corrected chi connectivity index (χ1v) is 12.6. The molecule has 2 N–H and O–H groups in total. The third-order valence-corrected chi connectivity index (χ3v) is 5.98. The van der Waals surface area contributed by atoms with Gasteiger partial charge in [0.25, 0.3) is 0 Å². The lowest BCUT2D eigenvalue weighted by atomic mass is 9.88. The molecule has 3 amide bonds. The minimum Gasteiger partial charge on any atom is -0.444 e. The van der Waals surface area contributed by atoms with E-state index in [2.05, 4.69) is 30.2 Å². The van der Waals surface area contributed by atoms with Crippen LogP contribution in [0.25, 0.3) is 0 Å². The average molecular weight is 478 g/mol. The van der Waals surface area contributed by atoms with Crippen LogP contribution in [0.15, 0.2) is 30.3 Å². The van der Waals surface area contributed by atoms with E-state index in [-0.39, 0.29) is 23.6 Å². The van der Waals surface area contributed by atoms with Crippen LogP contribution < -0.4 is 10.6 Å². The molecule has 7 nitrogen and oxygen atoms in total. The molecule has 1 fully saturated rings. The lowest BCUT2D eigenvalue weighted by Crippen LogP contribution is -2.58. The lowest BCUT2D eigenvalue weighted by molar-refractivity contribution is -0.147. The number of carbonyl (C=O) groups excluding carboxylic acids is 3. The number of nitrogens with zero attached hydrogens (tertiary/aromatic N) is 1. The molecule has 0 spiro atoms. The van der Waals surface area contributed by atoms with Gasteiger partial charge in [0.15, 0.2) is 0 Å². The Hall–Kier alpha value is -2.22. The van der Waals surface area contributed by atoms with Crippen molar-refractivity contribution in [1.82, 2.24) is 15.5 Å². The van der Waals surface area contributed by atoms with E-state index in [0.29, 0.717) is 6.54 Å². The molecule has 1 aromatic carbocycles. The number of nitrogens with one attached hydrogen (secondary N) is 2. The van der Waals surface area contributed by atoms with Crippen LogP contribution >= 0.6 is 12.6 Å². The zero-order chi connectivity index (χ0) is 24.4. The Labute approximate surface area is 203 Å². The van der Waals surface area contributed by atoms with Crippen LogP contribution in [0.1, 0.15) is 77.8 Å². The molecule has 2 rings (SSSR count). The van der Waals surface area contributed by atoms with E-state index in [9.17, 15) is 14.4 Å². The molecule has 1 aromatic rings. The van der Waals surface area contributed by atoms with Gasteiger partial charge in [0.05, 0.1) is 0 Å². The molecular formula is C25H39N3O4S. The number of thiol groups is 1. The number of carbonyl (C=O) groups is 3. The van der Waals surface area contributed by atoms with Gasteiger partial charge >= 0.3 is 6.09 Å². The van der Waals surface area contributed by atoms with E-state index in [4.69, 9.17) is 4.74 Å². The summed E-state index contributed by atoms with van der Waals surface area (Å²) < 4.78 is 5.34. The summed E-state index contributed by atoms with van der Waals surface area (Å²) in [5.41, 5.74) is 0.0632. The molecular weight excluding hydrogens is 438 g/mol. The maximum atomic E-state index is 13.7. The van der Waals surface area contributed by atoms with Crippen LogP contribution in [0, 0.1) is 0 Å². The molecule has 8 heteroatoms. The standard InChI is InChI=1S/C25H39N3O4S/c1-5-6-10-16-26-22(29)21(18-12-8-7-9-13-18)28(19-14-11-15-19)23(30)20(17-33)27-24(31)32-25(2,3)4/h7-9,12-13,19-21,33H,5-6,10-11,14-17H2,1-4H3,(H,26,29)(H,27,31). The fourth-order valence-corrected chi connectivity index (χ4v) is 4.00. The van der Waals surface area contributed by atoms with Crippen LogP contribution in [-0.2, 0) is 14.3 Å². The Bertz CT molecular complexity index is 778. The van der Waals surface area contributed by atoms with E-state index in [1.807, 2.05) is 30.3 Å². The third-order valence-electron chi connectivity index (χ3n) is 5.62. The largest absolute Gasteiger partial charge is 0.444 e. The van der Waals surface area contributed by atoms with E-state index in [1.54, 1.807) is 25.7 Å². The van der Waals surface area contributed by atoms with Crippen LogP contribution in [0.2, 0.25) is 0 Å². The zero-order valence-electron chi connectivity index (χ0n) is 20.3. The van der Waals surface area contributed by atoms with E-state index in [0.717, 1.165) is 44.1 Å². The molecule has 2 atom stereocenters. The number of amides is 3. The SMILES string of the molecule is CCCCCNC(=O)C(c1ccccc1)N(C(=O)C(CS)NC(=O)OC(C)(C)C)C1CCC1. The fourth-order valence-electron chi connectivity index (χ4n) is 3.75. The van der Waals surface area contributed by atoms with Crippen molar-refractivity contribution in [1.29, 1.82) is 0 Å². The molecule has 1 aliphatic carbocycles. The summed E-state index contributed by atoms with van der Waals surface area (Å²) in [4.78, 5) is 41.1. The summed E-state index contributed by atoms with van der Waals surface area (Å²) in [6, 6.07) is 7.62. The molecule has 0 heterocycles. The Morgan fingerprint density at radius 2 is 1.82 bits per heavy atom. The zero-order valence-corrected chi connectivity index (χ0v) is 21.2. The van der Waals surface area contributed by atoms with Gasteiger partial charge in [-0.1, -0.05) is 50.1 Å². The van der Waals surface area contributed by atoms with Crippen molar-refractivity contribution in [3.63, 3.8) is 0 Å². The number of ether oxygens (including phenoxy) is 1. The highest BCUT2D eigenvalue weighted by molar-refractivity contribution is 7.80. The summed E-state index contributed by atoms with van der Waals surface area (Å²) in [6.45, 7) is 7.97. The van der Waals surface area contributed by atoms with E-state index >= 15 is 0 Å². The number of hydrogen-bond acceptors (Lipinski definition) is 5. The maximum Gasteiger partial charge on any atom is 0.408 e. The summed E-state index contributed by atoms with van der Waals surface area (Å²) in [6.07, 6.45) is 4.95. The molecule has 0 aliphatic heterocycles. The Balaban J connectivity index is 2.30. The minimum absolute atomic E-state index is 0.0630. The van der Waals surface area contributed by atoms with Crippen LogP contribution in [0.4, 0.5) is 4.79 Å². The van der Waals surface area contributed by atoms with Gasteiger partial charge in [0.2, 0.25) is 11.8 Å². The summed E-state index contributed by atoms with van der Waals surface area (Å²) in [7, 11) is 0. The minimum atomic E-state index is -0.900. The van der Waals surface area contributed by atoms with Gasteiger partial charge in [-0.3, -0.25) is 9.59 Å². The predicted octanol–water partition coefficient (Wildman–Crippen LogP) is 4.24. The number of unbranched alkanes of at least 4 members (excludes halogenated alkanes) is 2. The molecule has 2 unspecified atom stereocenters. The monoisotopic (exact) mass is 477 g/mol. The van der Waals surface area contributed by atoms with Gasteiger partial charge in [-0.2, -0.15) is 12.6 Å². The first-order chi connectivity index (χ1) is 15.7. The van der Waals surface area contributed by atoms with Crippen molar-refractivity contribution in [3.8, 4) is 0 Å². The van der Waals surface area contributed by atoms with Gasteiger partial charge in [-0.15, -0.1) is 0 Å². The van der Waals surface area contributed by atoms with Gasteiger partial charge in [0.1, 0.15) is 17.7 Å². The molecule has 0 bridgehead atoms. The molecule has 0 radical (unpaired) electrons. The average Bonchev–Trinajstić information content (AvgIpc) is 2.72. The van der Waals surface area contributed by atoms with Gasteiger partial charge < -0.3 is 20.3 Å². The molecule has 0 saturated heterocycles. The third kappa shape index (κ3) is 8.25. The van der Waals surface area contributed by atoms with Gasteiger partial charge in [-0.05, 0) is 52.0 Å². The second kappa shape index (κ2) is 12.9. The normalized spacial score (nSPS) is 15.7. The highest BCUT2D eigenvalue weighted by Crippen LogP contribution is 2.33. The van der Waals surface area contributed by atoms with Crippen molar-refractivity contribution in [3.05, 3.63) is 35.9 Å². The number of alkyl carbamates (subject to hydrolysis) is 1. The fraction of sp³-hybridized carbons (Fsp3) is 0.640. The van der Waals surface area contributed by atoms with Gasteiger partial charge in [-0.25, -0.2) is 4.79 Å². The van der Waals surface area contributed by atoms with Crippen molar-refractivity contribution in [2.24, 2.45) is 0 Å². The topological polar surface area (TPSA) is 87.7 Å². The smallest absolute Gasteiger partial charge is 0.408 e. The molecule has 184 valence electrons. The predicted molar refractivity (Wildman–Crippen MR) is 133 cm³/mol. The van der Waals surface area contributed by atoms with Gasteiger partial charge in [0, 0.05) is 18.3 Å². The Morgan fingerprint density at radius 3 is 2.33 bits per heavy atom. The molecule has 0 aromatic heterocycles. The summed E-state index contributed by atoms with van der Waals surface area (Å²) in [5.74, 6) is -0.424. The highest BCUT2D eigenvalue weighted by atomic mass is 32.1.